The van der Waals surface area contributed by atoms with Gasteiger partial charge in [0.1, 0.15) is 11.1 Å². The monoisotopic (exact) mass is 258 g/mol. The average Bonchev–Trinajstić information content (AvgIpc) is 2.39. The summed E-state index contributed by atoms with van der Waals surface area (Å²) < 4.78 is 0. The van der Waals surface area contributed by atoms with Crippen LogP contribution in [0.3, 0.4) is 0 Å². The van der Waals surface area contributed by atoms with Crippen LogP contribution in [0, 0.1) is 21.4 Å². The molecule has 2 aromatic carbocycles. The second-order valence-electron chi connectivity index (χ2n) is 3.56. The third-order valence-corrected chi connectivity index (χ3v) is 2.90. The maximum absolute atomic E-state index is 10.7. The molecule has 0 saturated heterocycles. The van der Waals surface area contributed by atoms with Crippen molar-refractivity contribution in [1.82, 2.24) is 0 Å². The lowest BCUT2D eigenvalue weighted by Crippen LogP contribution is -1.93. The van der Waals surface area contributed by atoms with E-state index < -0.39 is 4.92 Å². The number of nitro benzene ring substituents is 1. The molecule has 0 bridgehead atoms. The minimum absolute atomic E-state index is 0.121. The van der Waals surface area contributed by atoms with Gasteiger partial charge in [-0.05, 0) is 11.6 Å². The molecule has 4 nitrogen and oxygen atoms in total. The largest absolute Gasteiger partial charge is 0.289 e. The Hall–Kier alpha value is -2.38. The second-order valence-corrected chi connectivity index (χ2v) is 3.93. The first-order valence-corrected chi connectivity index (χ1v) is 5.45. The Morgan fingerprint density at radius 2 is 1.83 bits per heavy atom. The van der Waals surface area contributed by atoms with E-state index in [1.54, 1.807) is 0 Å². The van der Waals surface area contributed by atoms with Crippen molar-refractivity contribution in [1.29, 1.82) is 5.26 Å². The molecule has 0 aliphatic heterocycles. The summed E-state index contributed by atoms with van der Waals surface area (Å²) in [6.45, 7) is 0. The normalized spacial score (nSPS) is 9.78. The first kappa shape index (κ1) is 12.1. The predicted molar refractivity (Wildman–Crippen MR) is 68.3 cm³/mol. The number of nitriles is 1. The number of benzene rings is 2. The lowest BCUT2D eigenvalue weighted by atomic mass is 10.00. The molecule has 0 saturated carbocycles. The van der Waals surface area contributed by atoms with Gasteiger partial charge in [-0.2, -0.15) is 5.26 Å². The maximum atomic E-state index is 10.7. The second kappa shape index (κ2) is 4.86. The smallest absolute Gasteiger partial charge is 0.258 e. The molecule has 0 amide bonds. The van der Waals surface area contributed by atoms with E-state index in [1.165, 1.54) is 12.1 Å². The third kappa shape index (κ3) is 2.04. The molecular weight excluding hydrogens is 252 g/mol. The van der Waals surface area contributed by atoms with Crippen molar-refractivity contribution in [3.05, 3.63) is 63.2 Å². The SMILES string of the molecule is N#Cc1c(-c2ccccc2)ccc([N+](=O)[O-])c1Cl. The molecule has 0 radical (unpaired) electrons. The zero-order chi connectivity index (χ0) is 13.1. The number of rotatable bonds is 2. The predicted octanol–water partition coefficient (Wildman–Crippen LogP) is 3.79. The van der Waals surface area contributed by atoms with Gasteiger partial charge in [-0.25, -0.2) is 0 Å². The Labute approximate surface area is 108 Å². The molecule has 2 rings (SSSR count). The highest BCUT2D eigenvalue weighted by molar-refractivity contribution is 6.34. The molecule has 0 fully saturated rings. The number of hydrogen-bond donors (Lipinski definition) is 0. The summed E-state index contributed by atoms with van der Waals surface area (Å²) in [5.74, 6) is 0. The zero-order valence-corrected chi connectivity index (χ0v) is 9.89. The van der Waals surface area contributed by atoms with Gasteiger partial charge >= 0.3 is 0 Å². The fraction of sp³-hybridized carbons (Fsp3) is 0. The van der Waals surface area contributed by atoms with Crippen molar-refractivity contribution in [2.75, 3.05) is 0 Å². The van der Waals surface area contributed by atoms with Gasteiger partial charge < -0.3 is 0 Å². The van der Waals surface area contributed by atoms with Gasteiger partial charge in [0.05, 0.1) is 10.5 Å². The van der Waals surface area contributed by atoms with Gasteiger partial charge in [-0.15, -0.1) is 0 Å². The maximum Gasteiger partial charge on any atom is 0.289 e. The highest BCUT2D eigenvalue weighted by Gasteiger charge is 2.19. The highest BCUT2D eigenvalue weighted by Crippen LogP contribution is 2.34. The Bertz CT molecular complexity index is 648. The summed E-state index contributed by atoms with van der Waals surface area (Å²) in [5, 5.41) is 19.7. The fourth-order valence-electron chi connectivity index (χ4n) is 1.67. The van der Waals surface area contributed by atoms with E-state index in [4.69, 9.17) is 16.9 Å². The Morgan fingerprint density at radius 1 is 1.17 bits per heavy atom. The van der Waals surface area contributed by atoms with Gasteiger partial charge in [-0.3, -0.25) is 10.1 Å². The Kier molecular flexibility index (Phi) is 3.26. The fourth-order valence-corrected chi connectivity index (χ4v) is 1.95. The molecule has 0 spiro atoms. The van der Waals surface area contributed by atoms with Crippen molar-refractivity contribution in [2.45, 2.75) is 0 Å². The number of nitrogens with zero attached hydrogens (tertiary/aromatic N) is 2. The Morgan fingerprint density at radius 3 is 2.39 bits per heavy atom. The van der Waals surface area contributed by atoms with Crippen LogP contribution < -0.4 is 0 Å². The lowest BCUT2D eigenvalue weighted by Gasteiger charge is -2.06. The minimum Gasteiger partial charge on any atom is -0.258 e. The minimum atomic E-state index is -0.599. The van der Waals surface area contributed by atoms with E-state index in [0.29, 0.717) is 5.56 Å². The number of halogens is 1. The summed E-state index contributed by atoms with van der Waals surface area (Å²) in [4.78, 5) is 10.2. The van der Waals surface area contributed by atoms with E-state index in [1.807, 2.05) is 36.4 Å². The summed E-state index contributed by atoms with van der Waals surface area (Å²) >= 11 is 5.89. The first-order valence-electron chi connectivity index (χ1n) is 5.07. The van der Waals surface area contributed by atoms with Gasteiger partial charge in [0.25, 0.3) is 5.69 Å². The van der Waals surface area contributed by atoms with Crippen LogP contribution in [0.4, 0.5) is 5.69 Å². The van der Waals surface area contributed by atoms with E-state index in [9.17, 15) is 10.1 Å². The topological polar surface area (TPSA) is 66.9 Å². The average molecular weight is 259 g/mol. The van der Waals surface area contributed by atoms with E-state index in [0.717, 1.165) is 5.56 Å². The van der Waals surface area contributed by atoms with Gasteiger partial charge in [0.15, 0.2) is 0 Å². The highest BCUT2D eigenvalue weighted by atomic mass is 35.5. The van der Waals surface area contributed by atoms with Gasteiger partial charge in [-0.1, -0.05) is 41.9 Å². The number of hydrogen-bond acceptors (Lipinski definition) is 3. The van der Waals surface area contributed by atoms with Crippen LogP contribution in [0.15, 0.2) is 42.5 Å². The van der Waals surface area contributed by atoms with Crippen LogP contribution in [0.5, 0.6) is 0 Å². The molecule has 0 aliphatic rings. The van der Waals surface area contributed by atoms with Gasteiger partial charge in [0, 0.05) is 11.6 Å². The van der Waals surface area contributed by atoms with Crippen LogP contribution >= 0.6 is 11.6 Å². The van der Waals surface area contributed by atoms with Crippen molar-refractivity contribution in [3.63, 3.8) is 0 Å². The molecule has 88 valence electrons. The van der Waals surface area contributed by atoms with Crippen LogP contribution in [0.25, 0.3) is 11.1 Å². The summed E-state index contributed by atoms with van der Waals surface area (Å²) in [6.07, 6.45) is 0. The van der Waals surface area contributed by atoms with E-state index in [2.05, 4.69) is 0 Å². The molecule has 18 heavy (non-hydrogen) atoms. The van der Waals surface area contributed by atoms with Crippen molar-refractivity contribution in [3.8, 4) is 17.2 Å². The molecule has 0 N–H and O–H groups in total. The van der Waals surface area contributed by atoms with Crippen LogP contribution in [-0.4, -0.2) is 4.92 Å². The molecule has 0 aromatic heterocycles. The van der Waals surface area contributed by atoms with E-state index >= 15 is 0 Å². The molecule has 0 aliphatic carbocycles. The quantitative estimate of drug-likeness (QED) is 0.608. The summed E-state index contributed by atoms with van der Waals surface area (Å²) in [6, 6.07) is 13.9. The molecule has 0 atom stereocenters. The lowest BCUT2D eigenvalue weighted by molar-refractivity contribution is -0.384. The Balaban J connectivity index is 2.69. The van der Waals surface area contributed by atoms with Crippen LogP contribution in [-0.2, 0) is 0 Å². The standard InChI is InChI=1S/C13H7ClN2O2/c14-13-11(8-15)10(6-7-12(13)16(17)18)9-4-2-1-3-5-9/h1-7H. The van der Waals surface area contributed by atoms with Crippen LogP contribution in [0.1, 0.15) is 5.56 Å². The van der Waals surface area contributed by atoms with Crippen LogP contribution in [0.2, 0.25) is 5.02 Å². The summed E-state index contributed by atoms with van der Waals surface area (Å²) in [7, 11) is 0. The van der Waals surface area contributed by atoms with Crippen molar-refractivity contribution in [2.24, 2.45) is 0 Å². The first-order chi connectivity index (χ1) is 8.65. The van der Waals surface area contributed by atoms with E-state index in [-0.39, 0.29) is 16.3 Å². The zero-order valence-electron chi connectivity index (χ0n) is 9.13. The number of nitro groups is 1. The third-order valence-electron chi connectivity index (χ3n) is 2.51. The molecular formula is C13H7ClN2O2. The summed E-state index contributed by atoms with van der Waals surface area (Å²) in [5.41, 5.74) is 1.25. The molecule has 2 aromatic rings. The van der Waals surface area contributed by atoms with Crippen molar-refractivity contribution >= 4 is 17.3 Å². The molecule has 5 heteroatoms. The van der Waals surface area contributed by atoms with Crippen molar-refractivity contribution < 1.29 is 4.92 Å². The molecule has 0 heterocycles. The molecule has 0 unspecified atom stereocenters. The van der Waals surface area contributed by atoms with Gasteiger partial charge in [0.2, 0.25) is 0 Å².